The quantitative estimate of drug-likeness (QED) is 0.434. The summed E-state index contributed by atoms with van der Waals surface area (Å²) in [7, 11) is 0. The van der Waals surface area contributed by atoms with E-state index in [4.69, 9.17) is 4.52 Å². The van der Waals surface area contributed by atoms with Crippen molar-refractivity contribution in [2.24, 2.45) is 0 Å². The van der Waals surface area contributed by atoms with Crippen molar-refractivity contribution >= 4 is 5.91 Å². The van der Waals surface area contributed by atoms with Gasteiger partial charge in [-0.15, -0.1) is 0 Å². The molecule has 3 heterocycles. The fraction of sp³-hybridized carbons (Fsp3) is 0.208. The zero-order valence-electron chi connectivity index (χ0n) is 17.3. The summed E-state index contributed by atoms with van der Waals surface area (Å²) in [5.74, 6) is 0.931. The normalized spacial score (nSPS) is 10.7. The SMILES string of the molecule is Cc1ccccc1CN(Cc1cccnc1)C(=O)CCc1nc(-c2cccnc2)no1. The van der Waals surface area contributed by atoms with Gasteiger partial charge in [-0.2, -0.15) is 4.98 Å². The van der Waals surface area contributed by atoms with Gasteiger partial charge in [-0.1, -0.05) is 35.5 Å². The van der Waals surface area contributed by atoms with Crippen molar-refractivity contribution in [2.45, 2.75) is 32.9 Å². The first kappa shape index (κ1) is 20.4. The monoisotopic (exact) mass is 413 g/mol. The second kappa shape index (κ2) is 9.75. The van der Waals surface area contributed by atoms with Crippen LogP contribution in [0, 0.1) is 6.92 Å². The molecule has 0 saturated carbocycles. The molecule has 0 unspecified atom stereocenters. The molecular formula is C24H23N5O2. The van der Waals surface area contributed by atoms with Crippen LogP contribution < -0.4 is 0 Å². The number of amides is 1. The maximum atomic E-state index is 13.1. The number of benzene rings is 1. The fourth-order valence-corrected chi connectivity index (χ4v) is 3.28. The molecule has 1 aromatic carbocycles. The van der Waals surface area contributed by atoms with Crippen molar-refractivity contribution in [1.82, 2.24) is 25.0 Å². The second-order valence-corrected chi connectivity index (χ2v) is 7.29. The lowest BCUT2D eigenvalue weighted by atomic mass is 10.1. The van der Waals surface area contributed by atoms with E-state index in [1.807, 2.05) is 41.3 Å². The van der Waals surface area contributed by atoms with Crippen LogP contribution in [0.15, 0.2) is 77.8 Å². The topological polar surface area (TPSA) is 85.0 Å². The first-order valence-electron chi connectivity index (χ1n) is 10.1. The zero-order valence-corrected chi connectivity index (χ0v) is 17.3. The smallest absolute Gasteiger partial charge is 0.227 e. The van der Waals surface area contributed by atoms with Crippen molar-refractivity contribution in [3.8, 4) is 11.4 Å². The predicted octanol–water partition coefficient (Wildman–Crippen LogP) is 4.00. The van der Waals surface area contributed by atoms with Gasteiger partial charge in [-0.05, 0) is 41.8 Å². The zero-order chi connectivity index (χ0) is 21.5. The summed E-state index contributed by atoms with van der Waals surface area (Å²) in [5.41, 5.74) is 4.04. The van der Waals surface area contributed by atoms with Crippen LogP contribution in [0.5, 0.6) is 0 Å². The van der Waals surface area contributed by atoms with Gasteiger partial charge >= 0.3 is 0 Å². The predicted molar refractivity (Wildman–Crippen MR) is 116 cm³/mol. The number of hydrogen-bond donors (Lipinski definition) is 0. The molecule has 4 rings (SSSR count). The van der Waals surface area contributed by atoms with Crippen LogP contribution in [0.3, 0.4) is 0 Å². The van der Waals surface area contributed by atoms with Gasteiger partial charge in [0.1, 0.15) is 0 Å². The molecule has 0 fully saturated rings. The highest BCUT2D eigenvalue weighted by Crippen LogP contribution is 2.17. The molecule has 4 aromatic rings. The highest BCUT2D eigenvalue weighted by atomic mass is 16.5. The van der Waals surface area contributed by atoms with E-state index in [1.54, 1.807) is 24.8 Å². The molecule has 0 aliphatic heterocycles. The van der Waals surface area contributed by atoms with Gasteiger partial charge in [0, 0.05) is 56.3 Å². The number of rotatable bonds is 8. The molecule has 7 nitrogen and oxygen atoms in total. The molecule has 0 atom stereocenters. The van der Waals surface area contributed by atoms with Crippen LogP contribution in [0.4, 0.5) is 0 Å². The molecule has 0 saturated heterocycles. The van der Waals surface area contributed by atoms with E-state index in [9.17, 15) is 4.79 Å². The Labute approximate surface area is 180 Å². The molecule has 0 spiro atoms. The number of carbonyl (C=O) groups is 1. The Bertz CT molecular complexity index is 1130. The number of aryl methyl sites for hydroxylation is 2. The minimum absolute atomic E-state index is 0.0215. The van der Waals surface area contributed by atoms with Crippen molar-refractivity contribution < 1.29 is 9.32 Å². The van der Waals surface area contributed by atoms with E-state index in [-0.39, 0.29) is 12.3 Å². The van der Waals surface area contributed by atoms with Gasteiger partial charge in [0.15, 0.2) is 0 Å². The Morgan fingerprint density at radius 2 is 1.77 bits per heavy atom. The lowest BCUT2D eigenvalue weighted by molar-refractivity contribution is -0.132. The van der Waals surface area contributed by atoms with Crippen molar-refractivity contribution in [1.29, 1.82) is 0 Å². The summed E-state index contributed by atoms with van der Waals surface area (Å²) >= 11 is 0. The average Bonchev–Trinajstić information content (AvgIpc) is 3.29. The van der Waals surface area contributed by atoms with Gasteiger partial charge in [0.2, 0.25) is 17.6 Å². The summed E-state index contributed by atoms with van der Waals surface area (Å²) in [5, 5.41) is 4.00. The molecule has 0 aliphatic carbocycles. The maximum absolute atomic E-state index is 13.1. The Hall–Kier alpha value is -3.87. The number of pyridine rings is 2. The van der Waals surface area contributed by atoms with E-state index in [0.717, 1.165) is 22.3 Å². The third-order valence-electron chi connectivity index (χ3n) is 5.01. The second-order valence-electron chi connectivity index (χ2n) is 7.29. The highest BCUT2D eigenvalue weighted by Gasteiger charge is 2.18. The van der Waals surface area contributed by atoms with E-state index < -0.39 is 0 Å². The van der Waals surface area contributed by atoms with Crippen LogP contribution in [-0.2, 0) is 24.3 Å². The Kier molecular flexibility index (Phi) is 6.42. The van der Waals surface area contributed by atoms with Crippen molar-refractivity contribution in [3.05, 3.63) is 95.9 Å². The van der Waals surface area contributed by atoms with Gasteiger partial charge in [-0.3, -0.25) is 14.8 Å². The first-order chi connectivity index (χ1) is 15.2. The fourth-order valence-electron chi connectivity index (χ4n) is 3.28. The highest BCUT2D eigenvalue weighted by molar-refractivity contribution is 5.76. The summed E-state index contributed by atoms with van der Waals surface area (Å²) < 4.78 is 5.34. The molecule has 0 N–H and O–H groups in total. The third-order valence-corrected chi connectivity index (χ3v) is 5.01. The first-order valence-corrected chi connectivity index (χ1v) is 10.1. The summed E-state index contributed by atoms with van der Waals surface area (Å²) in [4.78, 5) is 27.6. The minimum Gasteiger partial charge on any atom is -0.339 e. The van der Waals surface area contributed by atoms with Crippen LogP contribution in [0.1, 0.15) is 29.0 Å². The summed E-state index contributed by atoms with van der Waals surface area (Å²) in [6.45, 7) is 3.08. The van der Waals surface area contributed by atoms with Crippen molar-refractivity contribution in [3.63, 3.8) is 0 Å². The lowest BCUT2D eigenvalue weighted by Gasteiger charge is -2.23. The summed E-state index contributed by atoms with van der Waals surface area (Å²) in [6.07, 6.45) is 7.54. The Morgan fingerprint density at radius 1 is 0.968 bits per heavy atom. The Morgan fingerprint density at radius 3 is 2.52 bits per heavy atom. The van der Waals surface area contributed by atoms with E-state index in [0.29, 0.717) is 31.2 Å². The van der Waals surface area contributed by atoms with Crippen molar-refractivity contribution in [2.75, 3.05) is 0 Å². The molecule has 31 heavy (non-hydrogen) atoms. The van der Waals surface area contributed by atoms with Crippen LogP contribution in [0.2, 0.25) is 0 Å². The largest absolute Gasteiger partial charge is 0.339 e. The van der Waals surface area contributed by atoms with Crippen LogP contribution in [-0.4, -0.2) is 30.9 Å². The molecule has 3 aromatic heterocycles. The van der Waals surface area contributed by atoms with E-state index in [2.05, 4.69) is 39.2 Å². The average molecular weight is 413 g/mol. The number of aromatic nitrogens is 4. The van der Waals surface area contributed by atoms with E-state index >= 15 is 0 Å². The molecule has 0 radical (unpaired) electrons. The molecule has 0 bridgehead atoms. The molecule has 7 heteroatoms. The standard InChI is InChI=1S/C24H23N5O2/c1-18-6-2-3-8-21(18)17-29(16-19-7-4-12-25-14-19)23(30)11-10-22-27-24(28-31-22)20-9-5-13-26-15-20/h2-9,12-15H,10-11,16-17H2,1H3. The number of carbonyl (C=O) groups excluding carboxylic acids is 1. The third kappa shape index (κ3) is 5.39. The number of nitrogens with zero attached hydrogens (tertiary/aromatic N) is 5. The van der Waals surface area contributed by atoms with Gasteiger partial charge in [-0.25, -0.2) is 0 Å². The maximum Gasteiger partial charge on any atom is 0.227 e. The number of hydrogen-bond acceptors (Lipinski definition) is 6. The van der Waals surface area contributed by atoms with Crippen LogP contribution in [0.25, 0.3) is 11.4 Å². The molecule has 1 amide bonds. The molecule has 0 aliphatic rings. The van der Waals surface area contributed by atoms with Crippen LogP contribution >= 0.6 is 0 Å². The van der Waals surface area contributed by atoms with E-state index in [1.165, 1.54) is 0 Å². The molecular weight excluding hydrogens is 390 g/mol. The Balaban J connectivity index is 1.45. The van der Waals surface area contributed by atoms with Gasteiger partial charge in [0.05, 0.1) is 0 Å². The van der Waals surface area contributed by atoms with Gasteiger partial charge in [0.25, 0.3) is 0 Å². The molecule has 156 valence electrons. The summed E-state index contributed by atoms with van der Waals surface area (Å²) in [6, 6.07) is 15.6. The lowest BCUT2D eigenvalue weighted by Crippen LogP contribution is -2.30. The minimum atomic E-state index is 0.0215. The van der Waals surface area contributed by atoms with Gasteiger partial charge < -0.3 is 9.42 Å².